The predicted molar refractivity (Wildman–Crippen MR) is 93.2 cm³/mol. The maximum Gasteiger partial charge on any atom is 0.416 e. The maximum absolute atomic E-state index is 13.0. The molecular formula is C20H19F4NO2. The number of halogens is 4. The lowest BCUT2D eigenvalue weighted by Gasteiger charge is -2.10. The Bertz CT molecular complexity index is 802. The number of oxime groups is 1. The van der Waals surface area contributed by atoms with Crippen LogP contribution in [0.25, 0.3) is 0 Å². The monoisotopic (exact) mass is 381 g/mol. The van der Waals surface area contributed by atoms with Crippen molar-refractivity contribution < 1.29 is 27.1 Å². The summed E-state index contributed by atoms with van der Waals surface area (Å²) in [5.41, 5.74) is 1.16. The molecule has 0 radical (unpaired) electrons. The van der Waals surface area contributed by atoms with Gasteiger partial charge in [0.05, 0.1) is 11.3 Å². The summed E-state index contributed by atoms with van der Waals surface area (Å²) in [5, 5.41) is 4.05. The van der Waals surface area contributed by atoms with E-state index in [0.29, 0.717) is 5.92 Å². The standard InChI is InChI=1S/C20H19F4NO2/c1-13(18-12-19(18)14-5-7-16(21)8-6-14)25-27-10-9-26-17-4-2-3-15(11-17)20(22,23)24/h2-8,11,18-19H,9-10,12H2,1H3/b25-13-/t18-,19-/m1/s1. The summed E-state index contributed by atoms with van der Waals surface area (Å²) in [5.74, 6) is 0.456. The van der Waals surface area contributed by atoms with E-state index in [1.54, 1.807) is 12.1 Å². The normalized spacial score (nSPS) is 19.7. The van der Waals surface area contributed by atoms with Crippen LogP contribution in [0.1, 0.15) is 30.4 Å². The van der Waals surface area contributed by atoms with Crippen LogP contribution >= 0.6 is 0 Å². The molecule has 2 aromatic rings. The van der Waals surface area contributed by atoms with Crippen LogP contribution in [0.2, 0.25) is 0 Å². The van der Waals surface area contributed by atoms with Gasteiger partial charge in [0.15, 0.2) is 6.61 Å². The minimum atomic E-state index is -4.40. The maximum atomic E-state index is 13.0. The van der Waals surface area contributed by atoms with E-state index in [0.717, 1.165) is 29.8 Å². The fourth-order valence-electron chi connectivity index (χ4n) is 2.91. The average molecular weight is 381 g/mol. The van der Waals surface area contributed by atoms with E-state index < -0.39 is 11.7 Å². The first-order chi connectivity index (χ1) is 12.8. The lowest BCUT2D eigenvalue weighted by Crippen LogP contribution is -2.08. The van der Waals surface area contributed by atoms with Gasteiger partial charge in [0.1, 0.15) is 18.2 Å². The molecule has 0 saturated heterocycles. The van der Waals surface area contributed by atoms with Gasteiger partial charge in [-0.25, -0.2) is 4.39 Å². The summed E-state index contributed by atoms with van der Waals surface area (Å²) in [6.07, 6.45) is -3.46. The smallest absolute Gasteiger partial charge is 0.416 e. The molecule has 2 atom stereocenters. The first-order valence-corrected chi connectivity index (χ1v) is 8.56. The Morgan fingerprint density at radius 2 is 1.85 bits per heavy atom. The van der Waals surface area contributed by atoms with Crippen molar-refractivity contribution in [1.29, 1.82) is 0 Å². The van der Waals surface area contributed by atoms with Gasteiger partial charge in [-0.05, 0) is 55.2 Å². The Hall–Kier alpha value is -2.57. The van der Waals surface area contributed by atoms with Gasteiger partial charge >= 0.3 is 6.18 Å². The van der Waals surface area contributed by atoms with Crippen LogP contribution in [0.5, 0.6) is 5.75 Å². The minimum absolute atomic E-state index is 0.0874. The highest BCUT2D eigenvalue weighted by molar-refractivity contribution is 5.87. The van der Waals surface area contributed by atoms with Crippen LogP contribution in [-0.2, 0) is 11.0 Å². The highest BCUT2D eigenvalue weighted by Crippen LogP contribution is 2.48. The second-order valence-corrected chi connectivity index (χ2v) is 6.44. The molecule has 0 amide bonds. The van der Waals surface area contributed by atoms with Gasteiger partial charge in [0, 0.05) is 5.92 Å². The highest BCUT2D eigenvalue weighted by Gasteiger charge is 2.40. The first kappa shape index (κ1) is 19.2. The Kier molecular flexibility index (Phi) is 5.68. The Balaban J connectivity index is 1.42. The Morgan fingerprint density at radius 3 is 2.56 bits per heavy atom. The molecular weight excluding hydrogens is 362 g/mol. The molecule has 0 aliphatic heterocycles. The van der Waals surface area contributed by atoms with Crippen molar-refractivity contribution in [1.82, 2.24) is 0 Å². The second kappa shape index (κ2) is 7.98. The number of nitrogens with zero attached hydrogens (tertiary/aromatic N) is 1. The quantitative estimate of drug-likeness (QED) is 0.278. The van der Waals surface area contributed by atoms with Crippen molar-refractivity contribution in [3.05, 3.63) is 65.5 Å². The summed E-state index contributed by atoms with van der Waals surface area (Å²) in [6.45, 7) is 2.08. The van der Waals surface area contributed by atoms with Crippen LogP contribution in [0.4, 0.5) is 17.6 Å². The van der Waals surface area contributed by atoms with E-state index in [-0.39, 0.29) is 30.7 Å². The lowest BCUT2D eigenvalue weighted by molar-refractivity contribution is -0.137. The SMILES string of the molecule is C/C(=N/OCCOc1cccc(C(F)(F)F)c1)[C@H]1C[C@@H]1c1ccc(F)cc1. The Labute approximate surface area is 154 Å². The van der Waals surface area contributed by atoms with Crippen LogP contribution in [0, 0.1) is 11.7 Å². The fourth-order valence-corrected chi connectivity index (χ4v) is 2.91. The molecule has 7 heteroatoms. The molecule has 0 unspecified atom stereocenters. The van der Waals surface area contributed by atoms with E-state index in [2.05, 4.69) is 5.16 Å². The molecule has 27 heavy (non-hydrogen) atoms. The number of hydrogen-bond acceptors (Lipinski definition) is 3. The van der Waals surface area contributed by atoms with Crippen LogP contribution in [0.15, 0.2) is 53.7 Å². The predicted octanol–water partition coefficient (Wildman–Crippen LogP) is 5.42. The zero-order chi connectivity index (χ0) is 19.4. The third kappa shape index (κ3) is 5.21. The number of rotatable bonds is 7. The van der Waals surface area contributed by atoms with E-state index in [9.17, 15) is 17.6 Å². The molecule has 2 aromatic carbocycles. The third-order valence-electron chi connectivity index (χ3n) is 4.44. The van der Waals surface area contributed by atoms with E-state index in [1.807, 2.05) is 6.92 Å². The number of ether oxygens (including phenoxy) is 1. The number of hydrogen-bond donors (Lipinski definition) is 0. The van der Waals surface area contributed by atoms with E-state index in [4.69, 9.17) is 9.57 Å². The van der Waals surface area contributed by atoms with Crippen LogP contribution in [-0.4, -0.2) is 18.9 Å². The average Bonchev–Trinajstić information content (AvgIpc) is 3.42. The summed E-state index contributed by atoms with van der Waals surface area (Å²) >= 11 is 0. The summed E-state index contributed by atoms with van der Waals surface area (Å²) in [4.78, 5) is 5.20. The largest absolute Gasteiger partial charge is 0.490 e. The van der Waals surface area contributed by atoms with Crippen molar-refractivity contribution in [3.8, 4) is 5.75 Å². The molecule has 0 spiro atoms. The molecule has 0 heterocycles. The van der Waals surface area contributed by atoms with Crippen molar-refractivity contribution in [2.24, 2.45) is 11.1 Å². The molecule has 1 aliphatic carbocycles. The zero-order valence-corrected chi connectivity index (χ0v) is 14.7. The molecule has 144 valence electrons. The summed E-state index contributed by atoms with van der Waals surface area (Å²) in [6, 6.07) is 11.1. The van der Waals surface area contributed by atoms with Crippen LogP contribution in [0.3, 0.4) is 0 Å². The number of benzene rings is 2. The van der Waals surface area contributed by atoms with Gasteiger partial charge in [-0.3, -0.25) is 0 Å². The highest BCUT2D eigenvalue weighted by atomic mass is 19.4. The second-order valence-electron chi connectivity index (χ2n) is 6.44. The van der Waals surface area contributed by atoms with E-state index >= 15 is 0 Å². The molecule has 1 fully saturated rings. The topological polar surface area (TPSA) is 30.8 Å². The van der Waals surface area contributed by atoms with Gasteiger partial charge < -0.3 is 9.57 Å². The van der Waals surface area contributed by atoms with Gasteiger partial charge in [-0.15, -0.1) is 0 Å². The van der Waals surface area contributed by atoms with Gasteiger partial charge in [-0.1, -0.05) is 23.4 Å². The van der Waals surface area contributed by atoms with E-state index in [1.165, 1.54) is 24.3 Å². The van der Waals surface area contributed by atoms with Crippen molar-refractivity contribution in [2.45, 2.75) is 25.4 Å². The van der Waals surface area contributed by atoms with Crippen LogP contribution < -0.4 is 4.74 Å². The van der Waals surface area contributed by atoms with Gasteiger partial charge in [0.2, 0.25) is 0 Å². The molecule has 0 N–H and O–H groups in total. The fraction of sp³-hybridized carbons (Fsp3) is 0.350. The van der Waals surface area contributed by atoms with Crippen molar-refractivity contribution in [2.75, 3.05) is 13.2 Å². The van der Waals surface area contributed by atoms with Gasteiger partial charge in [0.25, 0.3) is 0 Å². The number of alkyl halides is 3. The minimum Gasteiger partial charge on any atom is -0.490 e. The first-order valence-electron chi connectivity index (χ1n) is 8.56. The summed E-state index contributed by atoms with van der Waals surface area (Å²) < 4.78 is 56.1. The summed E-state index contributed by atoms with van der Waals surface area (Å²) in [7, 11) is 0. The van der Waals surface area contributed by atoms with Gasteiger partial charge in [-0.2, -0.15) is 13.2 Å². The lowest BCUT2D eigenvalue weighted by atomic mass is 10.1. The molecule has 1 aliphatic rings. The molecule has 0 bridgehead atoms. The van der Waals surface area contributed by atoms with Crippen molar-refractivity contribution in [3.63, 3.8) is 0 Å². The molecule has 1 saturated carbocycles. The molecule has 3 rings (SSSR count). The Morgan fingerprint density at radius 1 is 1.11 bits per heavy atom. The van der Waals surface area contributed by atoms with Crippen molar-refractivity contribution >= 4 is 5.71 Å². The zero-order valence-electron chi connectivity index (χ0n) is 14.7. The molecule has 3 nitrogen and oxygen atoms in total. The third-order valence-corrected chi connectivity index (χ3v) is 4.44. The molecule has 0 aromatic heterocycles.